The number of aliphatic imine (C=N–C) groups is 1. The van der Waals surface area contributed by atoms with E-state index in [9.17, 15) is 5.11 Å². The normalized spacial score (nSPS) is 11.1. The second kappa shape index (κ2) is 7.73. The fraction of sp³-hybridized carbons (Fsp3) is 0.316. The third-order valence-electron chi connectivity index (χ3n) is 3.71. The van der Waals surface area contributed by atoms with Gasteiger partial charge in [-0.25, -0.2) is 0 Å². The number of rotatable bonds is 6. The molecule has 2 aromatic carbocycles. The minimum atomic E-state index is 0.205. The molecule has 0 aliphatic heterocycles. The van der Waals surface area contributed by atoms with Gasteiger partial charge in [0.25, 0.3) is 0 Å². The highest BCUT2D eigenvalue weighted by molar-refractivity contribution is 5.85. The highest BCUT2D eigenvalue weighted by atomic mass is 16.5. The number of para-hydroxylation sites is 1. The van der Waals surface area contributed by atoms with Gasteiger partial charge in [-0.1, -0.05) is 26.0 Å². The van der Waals surface area contributed by atoms with Crippen molar-refractivity contribution in [1.29, 1.82) is 0 Å². The number of hydrogen-bond acceptors (Lipinski definition) is 5. The Bertz CT molecular complexity index is 713. The quantitative estimate of drug-likeness (QED) is 0.803. The molecule has 24 heavy (non-hydrogen) atoms. The summed E-state index contributed by atoms with van der Waals surface area (Å²) in [5, 5.41) is 10.3. The lowest BCUT2D eigenvalue weighted by Gasteiger charge is -2.13. The zero-order valence-corrected chi connectivity index (χ0v) is 14.7. The van der Waals surface area contributed by atoms with Gasteiger partial charge in [0, 0.05) is 11.8 Å². The van der Waals surface area contributed by atoms with Gasteiger partial charge in [-0.15, -0.1) is 0 Å². The van der Waals surface area contributed by atoms with E-state index in [-0.39, 0.29) is 11.7 Å². The first-order chi connectivity index (χ1) is 11.5. The molecule has 0 fully saturated rings. The molecule has 0 saturated carbocycles. The van der Waals surface area contributed by atoms with Crippen LogP contribution in [-0.2, 0) is 0 Å². The Morgan fingerprint density at radius 2 is 1.62 bits per heavy atom. The maximum atomic E-state index is 10.3. The molecule has 0 heterocycles. The zero-order chi connectivity index (χ0) is 17.7. The molecule has 5 heteroatoms. The van der Waals surface area contributed by atoms with Gasteiger partial charge < -0.3 is 19.3 Å². The van der Waals surface area contributed by atoms with Gasteiger partial charge in [0.05, 0.1) is 21.3 Å². The molecular formula is C19H23NO4. The van der Waals surface area contributed by atoms with Crippen LogP contribution in [0.4, 0.5) is 5.69 Å². The fourth-order valence-electron chi connectivity index (χ4n) is 2.44. The summed E-state index contributed by atoms with van der Waals surface area (Å²) >= 11 is 0. The largest absolute Gasteiger partial charge is 0.505 e. The van der Waals surface area contributed by atoms with Crippen LogP contribution in [0.15, 0.2) is 35.3 Å². The van der Waals surface area contributed by atoms with E-state index < -0.39 is 0 Å². The lowest BCUT2D eigenvalue weighted by atomic mass is 10.0. The second-order valence-electron chi connectivity index (χ2n) is 5.59. The van der Waals surface area contributed by atoms with Gasteiger partial charge in [-0.3, -0.25) is 4.99 Å². The molecule has 1 N–H and O–H groups in total. The lowest BCUT2D eigenvalue weighted by molar-refractivity contribution is 0.324. The van der Waals surface area contributed by atoms with Crippen molar-refractivity contribution in [3.8, 4) is 23.0 Å². The van der Waals surface area contributed by atoms with Crippen LogP contribution in [-0.4, -0.2) is 32.7 Å². The van der Waals surface area contributed by atoms with E-state index in [1.807, 2.05) is 26.0 Å². The zero-order valence-electron chi connectivity index (χ0n) is 14.7. The topological polar surface area (TPSA) is 60.3 Å². The highest BCUT2D eigenvalue weighted by Crippen LogP contribution is 2.38. The summed E-state index contributed by atoms with van der Waals surface area (Å²) in [6.07, 6.45) is 1.66. The number of ether oxygens (including phenoxy) is 3. The van der Waals surface area contributed by atoms with Gasteiger partial charge in [-0.05, 0) is 29.7 Å². The summed E-state index contributed by atoms with van der Waals surface area (Å²) in [5.41, 5.74) is 2.17. The van der Waals surface area contributed by atoms with Gasteiger partial charge in [0.1, 0.15) is 11.4 Å². The van der Waals surface area contributed by atoms with Crippen molar-refractivity contribution in [3.63, 3.8) is 0 Å². The summed E-state index contributed by atoms with van der Waals surface area (Å²) in [4.78, 5) is 4.40. The number of phenols is 1. The maximum Gasteiger partial charge on any atom is 0.203 e. The summed E-state index contributed by atoms with van der Waals surface area (Å²) in [7, 11) is 4.69. The molecule has 5 nitrogen and oxygen atoms in total. The van der Waals surface area contributed by atoms with Crippen molar-refractivity contribution in [3.05, 3.63) is 41.5 Å². The Labute approximate surface area is 142 Å². The molecule has 0 spiro atoms. The highest BCUT2D eigenvalue weighted by Gasteiger charge is 2.13. The van der Waals surface area contributed by atoms with Crippen molar-refractivity contribution in [2.24, 2.45) is 4.99 Å². The first-order valence-corrected chi connectivity index (χ1v) is 7.67. The van der Waals surface area contributed by atoms with Crippen LogP contribution in [0.25, 0.3) is 0 Å². The standard InChI is InChI=1S/C19H23NO4/c1-12(2)14-7-6-8-15(18(14)21)20-11-13-9-16(22-3)19(24-5)17(10-13)23-4/h6-12,21H,1-5H3/b20-11-. The van der Waals surface area contributed by atoms with Crippen LogP contribution in [0.1, 0.15) is 30.9 Å². The number of nitrogens with zero attached hydrogens (tertiary/aromatic N) is 1. The SMILES string of the molecule is COc1cc(/C=N\c2cccc(C(C)C)c2O)cc(OC)c1OC. The predicted molar refractivity (Wildman–Crippen MR) is 95.5 cm³/mol. The van der Waals surface area contributed by atoms with Crippen molar-refractivity contribution in [2.45, 2.75) is 19.8 Å². The van der Waals surface area contributed by atoms with Gasteiger partial charge in [0.2, 0.25) is 5.75 Å². The van der Waals surface area contributed by atoms with Gasteiger partial charge >= 0.3 is 0 Å². The van der Waals surface area contributed by atoms with E-state index in [0.717, 1.165) is 11.1 Å². The van der Waals surface area contributed by atoms with Crippen molar-refractivity contribution in [2.75, 3.05) is 21.3 Å². The van der Waals surface area contributed by atoms with E-state index >= 15 is 0 Å². The molecule has 0 saturated heterocycles. The fourth-order valence-corrected chi connectivity index (χ4v) is 2.44. The molecule has 0 aliphatic carbocycles. The molecule has 2 aromatic rings. The summed E-state index contributed by atoms with van der Waals surface area (Å²) < 4.78 is 16.0. The Kier molecular flexibility index (Phi) is 5.68. The Balaban J connectivity index is 2.41. The molecule has 0 amide bonds. The number of methoxy groups -OCH3 is 3. The minimum Gasteiger partial charge on any atom is -0.505 e. The van der Waals surface area contributed by atoms with Crippen LogP contribution >= 0.6 is 0 Å². The maximum absolute atomic E-state index is 10.3. The molecule has 2 rings (SSSR count). The van der Waals surface area contributed by atoms with Gasteiger partial charge in [-0.2, -0.15) is 0 Å². The third-order valence-corrected chi connectivity index (χ3v) is 3.71. The third kappa shape index (κ3) is 3.62. The Morgan fingerprint density at radius 3 is 2.12 bits per heavy atom. The monoisotopic (exact) mass is 329 g/mol. The van der Waals surface area contributed by atoms with Crippen molar-refractivity contribution >= 4 is 11.9 Å². The lowest BCUT2D eigenvalue weighted by Crippen LogP contribution is -1.96. The minimum absolute atomic E-state index is 0.205. The Hall–Kier alpha value is -2.69. The molecule has 0 bridgehead atoms. The van der Waals surface area contributed by atoms with Crippen molar-refractivity contribution < 1.29 is 19.3 Å². The van der Waals surface area contributed by atoms with E-state index in [0.29, 0.717) is 22.9 Å². The number of phenolic OH excluding ortho intramolecular Hbond substituents is 1. The number of aromatic hydroxyl groups is 1. The average Bonchev–Trinajstić information content (AvgIpc) is 2.59. The van der Waals surface area contributed by atoms with Crippen molar-refractivity contribution in [1.82, 2.24) is 0 Å². The smallest absolute Gasteiger partial charge is 0.203 e. The molecule has 0 unspecified atom stereocenters. The summed E-state index contributed by atoms with van der Waals surface area (Å²) in [5.74, 6) is 2.07. The van der Waals surface area contributed by atoms with E-state index in [2.05, 4.69) is 4.99 Å². The summed E-state index contributed by atoms with van der Waals surface area (Å²) in [6.45, 7) is 4.06. The molecule has 0 atom stereocenters. The molecule has 128 valence electrons. The van der Waals surface area contributed by atoms with E-state index in [4.69, 9.17) is 14.2 Å². The molecule has 0 aromatic heterocycles. The van der Waals surface area contributed by atoms with Crippen LogP contribution in [0.2, 0.25) is 0 Å². The number of hydrogen-bond donors (Lipinski definition) is 1. The molecule has 0 radical (unpaired) electrons. The number of benzene rings is 2. The van der Waals surface area contributed by atoms with Gasteiger partial charge in [0.15, 0.2) is 11.5 Å². The first kappa shape index (κ1) is 17.7. The first-order valence-electron chi connectivity index (χ1n) is 7.67. The van der Waals surface area contributed by atoms with E-state index in [1.165, 1.54) is 0 Å². The molecule has 0 aliphatic rings. The van der Waals surface area contributed by atoms with Crippen LogP contribution in [0, 0.1) is 0 Å². The second-order valence-corrected chi connectivity index (χ2v) is 5.59. The van der Waals surface area contributed by atoms with Crippen LogP contribution in [0.5, 0.6) is 23.0 Å². The summed E-state index contributed by atoms with van der Waals surface area (Å²) in [6, 6.07) is 9.16. The predicted octanol–water partition coefficient (Wildman–Crippen LogP) is 4.29. The van der Waals surface area contributed by atoms with E-state index in [1.54, 1.807) is 45.7 Å². The van der Waals surface area contributed by atoms with Crippen LogP contribution in [0.3, 0.4) is 0 Å². The average molecular weight is 329 g/mol. The molecular weight excluding hydrogens is 306 g/mol. The van der Waals surface area contributed by atoms with Crippen LogP contribution < -0.4 is 14.2 Å². The Morgan fingerprint density at radius 1 is 1.00 bits per heavy atom.